The van der Waals surface area contributed by atoms with Gasteiger partial charge < -0.3 is 5.11 Å². The van der Waals surface area contributed by atoms with Crippen LogP contribution in [-0.2, 0) is 17.6 Å². The van der Waals surface area contributed by atoms with Crippen LogP contribution in [0.25, 0.3) is 5.57 Å². The molecule has 0 unspecified atom stereocenters. The van der Waals surface area contributed by atoms with Gasteiger partial charge in [0, 0.05) is 12.0 Å². The molecule has 0 bridgehead atoms. The second-order valence-corrected chi connectivity index (χ2v) is 8.02. The average Bonchev–Trinajstić information content (AvgIpc) is 3.09. The fourth-order valence-corrected chi connectivity index (χ4v) is 4.57. The van der Waals surface area contributed by atoms with E-state index < -0.39 is 11.9 Å². The van der Waals surface area contributed by atoms with E-state index in [1.54, 1.807) is 0 Å². The van der Waals surface area contributed by atoms with Crippen LogP contribution in [0.15, 0.2) is 54.1 Å². The second-order valence-electron chi connectivity index (χ2n) is 8.02. The molecule has 0 saturated heterocycles. The monoisotopic (exact) mass is 374 g/mol. The van der Waals surface area contributed by atoms with E-state index >= 15 is 0 Å². The summed E-state index contributed by atoms with van der Waals surface area (Å²) in [5.74, 6) is -1.59. The lowest BCUT2D eigenvalue weighted by Gasteiger charge is -2.14. The number of Topliss-reactive ketones (excluding diaryl/α,β-unsaturated/α-hetero) is 1. The number of aliphatic carboxylic acids is 1. The number of benzene rings is 2. The lowest BCUT2D eigenvalue weighted by molar-refractivity contribution is -0.141. The molecule has 0 heterocycles. The van der Waals surface area contributed by atoms with Crippen molar-refractivity contribution >= 4 is 17.3 Å². The summed E-state index contributed by atoms with van der Waals surface area (Å²) in [6.45, 7) is 0. The van der Waals surface area contributed by atoms with Crippen LogP contribution in [0.4, 0.5) is 0 Å². The first-order valence-electron chi connectivity index (χ1n) is 10.3. The number of ketones is 1. The summed E-state index contributed by atoms with van der Waals surface area (Å²) >= 11 is 0. The maximum Gasteiger partial charge on any atom is 0.306 e. The molecule has 0 spiro atoms. The highest BCUT2D eigenvalue weighted by Crippen LogP contribution is 2.41. The third kappa shape index (κ3) is 3.94. The van der Waals surface area contributed by atoms with Gasteiger partial charge in [0.15, 0.2) is 5.78 Å². The summed E-state index contributed by atoms with van der Waals surface area (Å²) in [5, 5.41) is 9.58. The standard InChI is InChI=1S/C25H26O3/c26-24(16-20(25(27)28)11-10-17-6-2-1-3-7-17)19-12-13-23-21(15-19)14-18-8-4-5-9-22(18)23/h1-3,6-7,12-13,15,20H,4-5,8-11,14,16H2,(H,27,28)/t20-/m0/s1. The normalized spacial score (nSPS) is 16.4. The minimum atomic E-state index is -0.887. The van der Waals surface area contributed by atoms with E-state index in [1.165, 1.54) is 41.5 Å². The van der Waals surface area contributed by atoms with E-state index in [4.69, 9.17) is 0 Å². The number of carboxylic acids is 1. The van der Waals surface area contributed by atoms with Crippen molar-refractivity contribution in [3.05, 3.63) is 76.4 Å². The van der Waals surface area contributed by atoms with Gasteiger partial charge in [0.05, 0.1) is 5.92 Å². The zero-order valence-electron chi connectivity index (χ0n) is 16.1. The number of rotatable bonds is 7. The van der Waals surface area contributed by atoms with Gasteiger partial charge in [-0.3, -0.25) is 9.59 Å². The second kappa shape index (κ2) is 8.14. The van der Waals surface area contributed by atoms with E-state index in [0.717, 1.165) is 18.4 Å². The van der Waals surface area contributed by atoms with Crippen molar-refractivity contribution in [2.24, 2.45) is 5.92 Å². The van der Waals surface area contributed by atoms with Gasteiger partial charge in [-0.2, -0.15) is 0 Å². The van der Waals surface area contributed by atoms with Crippen LogP contribution in [0.2, 0.25) is 0 Å². The van der Waals surface area contributed by atoms with Crippen LogP contribution in [0.3, 0.4) is 0 Å². The maximum atomic E-state index is 12.8. The molecule has 1 N–H and O–H groups in total. The molecular formula is C25H26O3. The molecule has 3 heteroatoms. The number of hydrogen-bond donors (Lipinski definition) is 1. The molecule has 1 atom stereocenters. The Bertz CT molecular complexity index is 924. The number of hydrogen-bond acceptors (Lipinski definition) is 2. The molecule has 0 fully saturated rings. The van der Waals surface area contributed by atoms with Crippen LogP contribution in [0, 0.1) is 5.92 Å². The largest absolute Gasteiger partial charge is 0.481 e. The third-order valence-corrected chi connectivity index (χ3v) is 6.14. The lowest BCUT2D eigenvalue weighted by atomic mass is 9.90. The zero-order valence-corrected chi connectivity index (χ0v) is 16.1. The summed E-state index contributed by atoms with van der Waals surface area (Å²) in [6, 6.07) is 15.8. The first-order valence-corrected chi connectivity index (χ1v) is 10.3. The lowest BCUT2D eigenvalue weighted by Crippen LogP contribution is -2.19. The Morgan fingerprint density at radius 1 is 1.00 bits per heavy atom. The van der Waals surface area contributed by atoms with Crippen LogP contribution in [0.5, 0.6) is 0 Å². The topological polar surface area (TPSA) is 54.4 Å². The molecule has 3 nitrogen and oxygen atoms in total. The minimum Gasteiger partial charge on any atom is -0.481 e. The number of carbonyl (C=O) groups is 2. The van der Waals surface area contributed by atoms with Crippen LogP contribution < -0.4 is 0 Å². The molecule has 0 radical (unpaired) electrons. The quantitative estimate of drug-likeness (QED) is 0.653. The van der Waals surface area contributed by atoms with Crippen LogP contribution >= 0.6 is 0 Å². The smallest absolute Gasteiger partial charge is 0.306 e. The third-order valence-electron chi connectivity index (χ3n) is 6.14. The van der Waals surface area contributed by atoms with Crippen molar-refractivity contribution in [2.75, 3.05) is 0 Å². The number of carbonyl (C=O) groups excluding carboxylic acids is 1. The van der Waals surface area contributed by atoms with Crippen molar-refractivity contribution < 1.29 is 14.7 Å². The first-order chi connectivity index (χ1) is 13.6. The fourth-order valence-electron chi connectivity index (χ4n) is 4.57. The molecule has 4 rings (SSSR count). The summed E-state index contributed by atoms with van der Waals surface area (Å²) in [7, 11) is 0. The van der Waals surface area contributed by atoms with Gasteiger partial charge in [0.25, 0.3) is 0 Å². The summed E-state index contributed by atoms with van der Waals surface area (Å²) in [6.07, 6.45) is 7.01. The molecule has 0 aromatic heterocycles. The predicted molar refractivity (Wildman–Crippen MR) is 110 cm³/mol. The number of allylic oxidation sites excluding steroid dienone is 2. The SMILES string of the molecule is O=C(C[C@H](CCc1ccccc1)C(=O)O)c1ccc2c(c1)CC1=C2CCCC1. The number of carboxylic acid groups (broad SMARTS) is 1. The number of fused-ring (bicyclic) bond motifs is 2. The molecule has 2 aromatic carbocycles. The Morgan fingerprint density at radius 2 is 1.79 bits per heavy atom. The highest BCUT2D eigenvalue weighted by atomic mass is 16.4. The average molecular weight is 374 g/mol. The van der Waals surface area contributed by atoms with Gasteiger partial charge in [-0.15, -0.1) is 0 Å². The molecule has 2 aromatic rings. The molecule has 2 aliphatic carbocycles. The van der Waals surface area contributed by atoms with Gasteiger partial charge in [0.2, 0.25) is 0 Å². The summed E-state index contributed by atoms with van der Waals surface area (Å²) in [4.78, 5) is 24.5. The van der Waals surface area contributed by atoms with Gasteiger partial charge in [0.1, 0.15) is 0 Å². The molecule has 144 valence electrons. The Labute approximate surface area is 166 Å². The molecule has 0 amide bonds. The highest BCUT2D eigenvalue weighted by Gasteiger charge is 2.26. The van der Waals surface area contributed by atoms with E-state index in [1.807, 2.05) is 42.5 Å². The predicted octanol–water partition coefficient (Wildman–Crippen LogP) is 5.48. The highest BCUT2D eigenvalue weighted by molar-refractivity contribution is 5.98. The van der Waals surface area contributed by atoms with Gasteiger partial charge in [-0.25, -0.2) is 0 Å². The van der Waals surface area contributed by atoms with E-state index in [9.17, 15) is 14.7 Å². The molecule has 2 aliphatic rings. The number of aryl methyl sites for hydroxylation is 1. The molecule has 0 aliphatic heterocycles. The minimum absolute atomic E-state index is 0.0619. The van der Waals surface area contributed by atoms with Crippen LogP contribution in [-0.4, -0.2) is 16.9 Å². The van der Waals surface area contributed by atoms with Crippen molar-refractivity contribution in [1.82, 2.24) is 0 Å². The fraction of sp³-hybridized carbons (Fsp3) is 0.360. The summed E-state index contributed by atoms with van der Waals surface area (Å²) < 4.78 is 0. The van der Waals surface area contributed by atoms with E-state index in [2.05, 4.69) is 6.07 Å². The Hall–Kier alpha value is -2.68. The van der Waals surface area contributed by atoms with E-state index in [0.29, 0.717) is 18.4 Å². The van der Waals surface area contributed by atoms with E-state index in [-0.39, 0.29) is 12.2 Å². The van der Waals surface area contributed by atoms with Gasteiger partial charge in [-0.05, 0) is 73.3 Å². The van der Waals surface area contributed by atoms with Crippen molar-refractivity contribution in [1.29, 1.82) is 0 Å². The first kappa shape index (κ1) is 18.7. The molecular weight excluding hydrogens is 348 g/mol. The van der Waals surface area contributed by atoms with Crippen molar-refractivity contribution in [2.45, 2.75) is 51.4 Å². The van der Waals surface area contributed by atoms with Gasteiger partial charge >= 0.3 is 5.97 Å². The van der Waals surface area contributed by atoms with Crippen molar-refractivity contribution in [3.8, 4) is 0 Å². The van der Waals surface area contributed by atoms with Crippen molar-refractivity contribution in [3.63, 3.8) is 0 Å². The molecule has 0 saturated carbocycles. The molecule has 28 heavy (non-hydrogen) atoms. The Kier molecular flexibility index (Phi) is 5.43. The maximum absolute atomic E-state index is 12.8. The summed E-state index contributed by atoms with van der Waals surface area (Å²) in [5.41, 5.74) is 7.35. The van der Waals surface area contributed by atoms with Crippen LogP contribution in [0.1, 0.15) is 65.6 Å². The Balaban J connectivity index is 1.43. The zero-order chi connectivity index (χ0) is 19.5. The Morgan fingerprint density at radius 3 is 2.57 bits per heavy atom. The van der Waals surface area contributed by atoms with Gasteiger partial charge in [-0.1, -0.05) is 48.0 Å².